The molecular weight excluding hydrogens is 392 g/mol. The van der Waals surface area contributed by atoms with Crippen LogP contribution in [0, 0.1) is 0 Å². The van der Waals surface area contributed by atoms with Crippen LogP contribution in [0.4, 0.5) is 5.69 Å². The molecule has 0 aliphatic heterocycles. The van der Waals surface area contributed by atoms with Gasteiger partial charge in [0.1, 0.15) is 11.3 Å². The van der Waals surface area contributed by atoms with E-state index in [1.165, 1.54) is 12.8 Å². The molecule has 6 heteroatoms. The van der Waals surface area contributed by atoms with E-state index in [2.05, 4.69) is 17.2 Å². The topological polar surface area (TPSA) is 94.6 Å². The van der Waals surface area contributed by atoms with Gasteiger partial charge in [0.2, 0.25) is 5.88 Å². The number of rotatable bonds is 11. The lowest BCUT2D eigenvalue weighted by atomic mass is 10.1. The molecule has 3 aromatic rings. The normalized spacial score (nSPS) is 10.7. The minimum Gasteiger partial charge on any atom is -0.505 e. The third-order valence-electron chi connectivity index (χ3n) is 5.14. The fraction of sp³-hybridized carbons (Fsp3) is 0.320. The molecule has 1 aromatic heterocycles. The molecule has 1 amide bonds. The lowest BCUT2D eigenvalue weighted by Crippen LogP contribution is -2.11. The number of carbonyl (C=O) groups excluding carboxylic acids is 1. The smallest absolute Gasteiger partial charge is 0.264 e. The number of aromatic amines is 1. The Morgan fingerprint density at radius 3 is 2.42 bits per heavy atom. The average molecular weight is 423 g/mol. The summed E-state index contributed by atoms with van der Waals surface area (Å²) < 4.78 is 5.70. The molecule has 0 atom stereocenters. The van der Waals surface area contributed by atoms with Crippen LogP contribution in [0.1, 0.15) is 54.2 Å². The molecule has 0 saturated carbocycles. The van der Waals surface area contributed by atoms with Crippen molar-refractivity contribution in [3.8, 4) is 17.4 Å². The molecule has 164 valence electrons. The first kappa shape index (κ1) is 22.3. The molecule has 31 heavy (non-hydrogen) atoms. The van der Waals surface area contributed by atoms with Crippen LogP contribution >= 0.6 is 0 Å². The van der Waals surface area contributed by atoms with Crippen molar-refractivity contribution < 1.29 is 19.7 Å². The van der Waals surface area contributed by atoms with Crippen LogP contribution in [0.2, 0.25) is 0 Å². The fourth-order valence-electron chi connectivity index (χ4n) is 3.38. The maximum Gasteiger partial charge on any atom is 0.264 e. The number of aryl methyl sites for hydroxylation is 2. The Hall–Kier alpha value is -3.41. The predicted molar refractivity (Wildman–Crippen MR) is 122 cm³/mol. The van der Waals surface area contributed by atoms with Gasteiger partial charge in [-0.15, -0.1) is 0 Å². The first-order valence-corrected chi connectivity index (χ1v) is 10.8. The van der Waals surface area contributed by atoms with E-state index in [9.17, 15) is 15.0 Å². The Morgan fingerprint density at radius 2 is 1.71 bits per heavy atom. The summed E-state index contributed by atoms with van der Waals surface area (Å²) in [6.45, 7) is 2.84. The molecule has 0 aliphatic carbocycles. The van der Waals surface area contributed by atoms with E-state index in [1.807, 2.05) is 30.3 Å². The quantitative estimate of drug-likeness (QED) is 0.310. The van der Waals surface area contributed by atoms with E-state index in [1.54, 1.807) is 24.3 Å². The van der Waals surface area contributed by atoms with Gasteiger partial charge in [0.05, 0.1) is 12.3 Å². The number of unbranched alkanes of at least 4 members (excludes halogenated alkanes) is 3. The number of carbonyl (C=O) groups is 1. The van der Waals surface area contributed by atoms with Gasteiger partial charge in [-0.1, -0.05) is 56.5 Å². The number of anilines is 1. The van der Waals surface area contributed by atoms with E-state index in [-0.39, 0.29) is 17.2 Å². The Kier molecular flexibility index (Phi) is 7.98. The van der Waals surface area contributed by atoms with Crippen LogP contribution in [-0.2, 0) is 12.8 Å². The Morgan fingerprint density at radius 1 is 0.968 bits per heavy atom. The Labute approximate surface area is 182 Å². The van der Waals surface area contributed by atoms with Crippen LogP contribution < -0.4 is 10.1 Å². The molecule has 0 unspecified atom stereocenters. The largest absolute Gasteiger partial charge is 0.505 e. The Bertz CT molecular complexity index is 965. The zero-order chi connectivity index (χ0) is 22.1. The Balaban J connectivity index is 1.57. The van der Waals surface area contributed by atoms with Crippen molar-refractivity contribution in [1.29, 1.82) is 0 Å². The first-order valence-electron chi connectivity index (χ1n) is 10.8. The van der Waals surface area contributed by atoms with Crippen molar-refractivity contribution in [3.05, 3.63) is 71.4 Å². The minimum atomic E-state index is -0.578. The summed E-state index contributed by atoms with van der Waals surface area (Å²) in [6, 6.07) is 16.9. The second kappa shape index (κ2) is 11.1. The zero-order valence-corrected chi connectivity index (χ0v) is 17.9. The van der Waals surface area contributed by atoms with Gasteiger partial charge < -0.3 is 25.3 Å². The van der Waals surface area contributed by atoms with E-state index in [0.717, 1.165) is 24.2 Å². The fourth-order valence-corrected chi connectivity index (χ4v) is 3.38. The summed E-state index contributed by atoms with van der Waals surface area (Å²) in [5, 5.41) is 23.3. The number of nitrogens with one attached hydrogen (secondary N) is 2. The van der Waals surface area contributed by atoms with Crippen LogP contribution in [0.5, 0.6) is 17.4 Å². The summed E-state index contributed by atoms with van der Waals surface area (Å²) in [5.41, 5.74) is 1.93. The maximum atomic E-state index is 12.6. The van der Waals surface area contributed by atoms with Crippen LogP contribution in [-0.4, -0.2) is 27.7 Å². The monoisotopic (exact) mass is 422 g/mol. The summed E-state index contributed by atoms with van der Waals surface area (Å²) in [5.74, 6) is -0.404. The maximum absolute atomic E-state index is 12.6. The van der Waals surface area contributed by atoms with Crippen LogP contribution in [0.3, 0.4) is 0 Å². The number of hydrogen-bond donors (Lipinski definition) is 4. The molecule has 1 heterocycles. The standard InChI is InChI=1S/C25H30N2O4/c1-2-3-4-8-17-31-20-14-12-19(13-15-20)26-24(29)22-23(28)21(27-25(22)30)16-11-18-9-6-5-7-10-18/h5-7,9-10,12-15,27-28,30H,2-4,8,11,16-17H2,1H3,(H,26,29). The highest BCUT2D eigenvalue weighted by molar-refractivity contribution is 6.08. The average Bonchev–Trinajstić information content (AvgIpc) is 3.07. The number of benzene rings is 2. The van der Waals surface area contributed by atoms with Gasteiger partial charge in [-0.2, -0.15) is 0 Å². The number of amides is 1. The lowest BCUT2D eigenvalue weighted by Gasteiger charge is -2.08. The molecule has 0 saturated heterocycles. The molecule has 2 aromatic carbocycles. The lowest BCUT2D eigenvalue weighted by molar-refractivity contribution is 0.102. The van der Waals surface area contributed by atoms with E-state index >= 15 is 0 Å². The minimum absolute atomic E-state index is 0.153. The van der Waals surface area contributed by atoms with Crippen LogP contribution in [0.15, 0.2) is 54.6 Å². The second-order valence-electron chi connectivity index (χ2n) is 7.55. The van der Waals surface area contributed by atoms with E-state index < -0.39 is 5.91 Å². The summed E-state index contributed by atoms with van der Waals surface area (Å²) in [6.07, 6.45) is 5.72. The number of hydrogen-bond acceptors (Lipinski definition) is 4. The number of H-pyrrole nitrogens is 1. The highest BCUT2D eigenvalue weighted by atomic mass is 16.5. The second-order valence-corrected chi connectivity index (χ2v) is 7.55. The van der Waals surface area contributed by atoms with Crippen molar-refractivity contribution in [2.75, 3.05) is 11.9 Å². The van der Waals surface area contributed by atoms with Crippen LogP contribution in [0.25, 0.3) is 0 Å². The first-order chi connectivity index (χ1) is 15.1. The van der Waals surface area contributed by atoms with Crippen molar-refractivity contribution in [1.82, 2.24) is 4.98 Å². The summed E-state index contributed by atoms with van der Waals surface area (Å²) in [4.78, 5) is 15.3. The summed E-state index contributed by atoms with van der Waals surface area (Å²) in [7, 11) is 0. The molecule has 0 bridgehead atoms. The van der Waals surface area contributed by atoms with Crippen molar-refractivity contribution >= 4 is 11.6 Å². The molecule has 0 spiro atoms. The molecular formula is C25H30N2O4. The van der Waals surface area contributed by atoms with Crippen molar-refractivity contribution in [3.63, 3.8) is 0 Å². The highest BCUT2D eigenvalue weighted by Gasteiger charge is 2.23. The van der Waals surface area contributed by atoms with Gasteiger partial charge in [0.25, 0.3) is 5.91 Å². The van der Waals surface area contributed by atoms with Gasteiger partial charge in [-0.05, 0) is 49.1 Å². The molecule has 6 nitrogen and oxygen atoms in total. The molecule has 0 fully saturated rings. The molecule has 0 radical (unpaired) electrons. The number of aromatic hydroxyl groups is 2. The predicted octanol–water partition coefficient (Wildman–Crippen LogP) is 5.42. The third-order valence-corrected chi connectivity index (χ3v) is 5.14. The molecule has 0 aliphatic rings. The molecule has 3 rings (SSSR count). The van der Waals surface area contributed by atoms with Crippen molar-refractivity contribution in [2.45, 2.75) is 45.4 Å². The number of aromatic nitrogens is 1. The third kappa shape index (κ3) is 6.28. The molecule has 4 N–H and O–H groups in total. The number of ether oxygens (including phenoxy) is 1. The van der Waals surface area contributed by atoms with Gasteiger partial charge >= 0.3 is 0 Å². The van der Waals surface area contributed by atoms with Gasteiger partial charge in [-0.25, -0.2) is 0 Å². The van der Waals surface area contributed by atoms with Gasteiger partial charge in [0.15, 0.2) is 5.75 Å². The highest BCUT2D eigenvalue weighted by Crippen LogP contribution is 2.32. The van der Waals surface area contributed by atoms with E-state index in [0.29, 0.717) is 30.8 Å². The SMILES string of the molecule is CCCCCCOc1ccc(NC(=O)c2c(O)[nH]c(CCc3ccccc3)c2O)cc1. The van der Waals surface area contributed by atoms with Crippen molar-refractivity contribution in [2.24, 2.45) is 0 Å². The van der Waals surface area contributed by atoms with Gasteiger partial charge in [-0.3, -0.25) is 4.79 Å². The zero-order valence-electron chi connectivity index (χ0n) is 17.9. The van der Waals surface area contributed by atoms with Gasteiger partial charge in [0, 0.05) is 5.69 Å². The van der Waals surface area contributed by atoms with E-state index in [4.69, 9.17) is 4.74 Å². The summed E-state index contributed by atoms with van der Waals surface area (Å²) >= 11 is 0.